The van der Waals surface area contributed by atoms with E-state index >= 15 is 0 Å². The molecule has 166 valence electrons. The first-order chi connectivity index (χ1) is 16.0. The summed E-state index contributed by atoms with van der Waals surface area (Å²) in [7, 11) is 0. The first-order valence-electron chi connectivity index (χ1n) is 11.3. The van der Waals surface area contributed by atoms with E-state index in [1.165, 1.54) is 12.1 Å². The van der Waals surface area contributed by atoms with Crippen LogP contribution in [-0.2, 0) is 6.42 Å². The van der Waals surface area contributed by atoms with Gasteiger partial charge in [-0.3, -0.25) is 4.79 Å². The first-order valence-corrected chi connectivity index (χ1v) is 11.3. The number of carbonyl (C=O) groups excluding carboxylic acids is 1. The molecular formula is C28H25FN2O2. The average Bonchev–Trinajstić information content (AvgIpc) is 2.84. The second-order valence-corrected chi connectivity index (χ2v) is 8.37. The number of rotatable bonds is 4. The third-order valence-corrected chi connectivity index (χ3v) is 6.20. The largest absolute Gasteiger partial charge is 0.494 e. The van der Waals surface area contributed by atoms with Crippen molar-refractivity contribution >= 4 is 22.5 Å². The van der Waals surface area contributed by atoms with Crippen LogP contribution in [-0.4, -0.2) is 23.5 Å². The molecular weight excluding hydrogens is 415 g/mol. The molecule has 0 aliphatic carbocycles. The normalized spacial score (nSPS) is 15.4. The Balaban J connectivity index is 1.63. The zero-order chi connectivity index (χ0) is 22.9. The van der Waals surface area contributed by atoms with Crippen LogP contribution >= 0.6 is 0 Å². The number of halogens is 1. The second-order valence-electron chi connectivity index (χ2n) is 8.37. The van der Waals surface area contributed by atoms with E-state index in [1.54, 1.807) is 6.07 Å². The molecule has 0 saturated carbocycles. The summed E-state index contributed by atoms with van der Waals surface area (Å²) in [5.41, 5.74) is 4.64. The van der Waals surface area contributed by atoms with Crippen molar-refractivity contribution in [3.63, 3.8) is 0 Å². The van der Waals surface area contributed by atoms with Gasteiger partial charge in [0.1, 0.15) is 11.6 Å². The number of carbonyl (C=O) groups is 1. The SMILES string of the molecule is CCOc1ccc(-c2cc(C(=O)N3c4ccc(F)cc4CCC3C)c3ccccc3n2)cc1. The van der Waals surface area contributed by atoms with Crippen molar-refractivity contribution in [2.45, 2.75) is 32.7 Å². The molecule has 0 saturated heterocycles. The van der Waals surface area contributed by atoms with Gasteiger partial charge in [0.25, 0.3) is 5.91 Å². The van der Waals surface area contributed by atoms with Gasteiger partial charge in [0.15, 0.2) is 0 Å². The molecule has 5 heteroatoms. The molecule has 1 aliphatic heterocycles. The van der Waals surface area contributed by atoms with Crippen molar-refractivity contribution < 1.29 is 13.9 Å². The summed E-state index contributed by atoms with van der Waals surface area (Å²) in [6, 6.07) is 22.0. The molecule has 0 bridgehead atoms. The third kappa shape index (κ3) is 3.95. The fourth-order valence-electron chi connectivity index (χ4n) is 4.55. The molecule has 1 unspecified atom stereocenters. The van der Waals surface area contributed by atoms with Gasteiger partial charge < -0.3 is 9.64 Å². The highest BCUT2D eigenvalue weighted by molar-refractivity contribution is 6.15. The van der Waals surface area contributed by atoms with Crippen molar-refractivity contribution in [2.75, 3.05) is 11.5 Å². The minimum atomic E-state index is -0.275. The predicted molar refractivity (Wildman–Crippen MR) is 129 cm³/mol. The summed E-state index contributed by atoms with van der Waals surface area (Å²) in [5.74, 6) is 0.424. The Morgan fingerprint density at radius 2 is 1.88 bits per heavy atom. The summed E-state index contributed by atoms with van der Waals surface area (Å²) in [6.07, 6.45) is 1.55. The van der Waals surface area contributed by atoms with Gasteiger partial charge in [-0.05, 0) is 86.8 Å². The zero-order valence-electron chi connectivity index (χ0n) is 18.7. The van der Waals surface area contributed by atoms with Crippen LogP contribution in [0.25, 0.3) is 22.2 Å². The topological polar surface area (TPSA) is 42.4 Å². The van der Waals surface area contributed by atoms with E-state index in [0.717, 1.165) is 52.0 Å². The number of para-hydroxylation sites is 1. The standard InChI is InChI=1S/C28H25FN2O2/c1-3-33-22-13-10-19(11-14-22)26-17-24(23-6-4-5-7-25(23)30-26)28(32)31-18(2)8-9-20-16-21(29)12-15-27(20)31/h4-7,10-18H,3,8-9H2,1-2H3. The van der Waals surface area contributed by atoms with Crippen molar-refractivity contribution in [3.8, 4) is 17.0 Å². The van der Waals surface area contributed by atoms with Crippen LogP contribution in [0.15, 0.2) is 72.8 Å². The lowest BCUT2D eigenvalue weighted by Crippen LogP contribution is -2.42. The van der Waals surface area contributed by atoms with E-state index < -0.39 is 0 Å². The highest BCUT2D eigenvalue weighted by Crippen LogP contribution is 2.34. The lowest BCUT2D eigenvalue weighted by molar-refractivity contribution is 0.0976. The number of nitrogens with zero attached hydrogens (tertiary/aromatic N) is 2. The molecule has 4 aromatic rings. The maximum atomic E-state index is 14.0. The molecule has 33 heavy (non-hydrogen) atoms. The Morgan fingerprint density at radius 3 is 2.67 bits per heavy atom. The summed E-state index contributed by atoms with van der Waals surface area (Å²) >= 11 is 0. The van der Waals surface area contributed by atoms with Crippen LogP contribution in [0, 0.1) is 5.82 Å². The Labute approximate surface area is 192 Å². The van der Waals surface area contributed by atoms with Gasteiger partial charge in [-0.2, -0.15) is 0 Å². The molecule has 0 radical (unpaired) electrons. The number of hydrogen-bond donors (Lipinski definition) is 0. The Hall–Kier alpha value is -3.73. The van der Waals surface area contributed by atoms with Crippen LogP contribution in [0.1, 0.15) is 36.2 Å². The van der Waals surface area contributed by atoms with Crippen molar-refractivity contribution in [1.29, 1.82) is 0 Å². The Kier molecular flexibility index (Phi) is 5.55. The number of amides is 1. The number of pyridine rings is 1. The quantitative estimate of drug-likeness (QED) is 0.368. The molecule has 4 nitrogen and oxygen atoms in total. The van der Waals surface area contributed by atoms with Crippen LogP contribution in [0.2, 0.25) is 0 Å². The predicted octanol–water partition coefficient (Wildman–Crippen LogP) is 6.42. The second kappa shape index (κ2) is 8.66. The maximum Gasteiger partial charge on any atom is 0.259 e. The maximum absolute atomic E-state index is 14.0. The van der Waals surface area contributed by atoms with Gasteiger partial charge in [0, 0.05) is 22.7 Å². The minimum absolute atomic E-state index is 0.0105. The molecule has 1 amide bonds. The van der Waals surface area contributed by atoms with Crippen molar-refractivity contribution in [1.82, 2.24) is 4.98 Å². The number of fused-ring (bicyclic) bond motifs is 2. The van der Waals surface area contributed by atoms with E-state index in [0.29, 0.717) is 12.2 Å². The van der Waals surface area contributed by atoms with Crippen molar-refractivity contribution in [3.05, 3.63) is 89.7 Å². The summed E-state index contributed by atoms with van der Waals surface area (Å²) in [6.45, 7) is 4.59. The van der Waals surface area contributed by atoms with Crippen LogP contribution in [0.5, 0.6) is 5.75 Å². The number of aromatic nitrogens is 1. The number of benzene rings is 3. The molecule has 5 rings (SSSR count). The number of anilines is 1. The number of ether oxygens (including phenoxy) is 1. The van der Waals surface area contributed by atoms with Gasteiger partial charge in [-0.15, -0.1) is 0 Å². The molecule has 3 aromatic carbocycles. The number of hydrogen-bond acceptors (Lipinski definition) is 3. The highest BCUT2D eigenvalue weighted by Gasteiger charge is 2.30. The van der Waals surface area contributed by atoms with Crippen LogP contribution in [0.4, 0.5) is 10.1 Å². The van der Waals surface area contributed by atoms with E-state index in [1.807, 2.05) is 73.3 Å². The van der Waals surface area contributed by atoms with Gasteiger partial charge in [0.05, 0.1) is 23.4 Å². The molecule has 1 aromatic heterocycles. The number of aryl methyl sites for hydroxylation is 1. The highest BCUT2D eigenvalue weighted by atomic mass is 19.1. The molecule has 0 fully saturated rings. The van der Waals surface area contributed by atoms with Crippen molar-refractivity contribution in [2.24, 2.45) is 0 Å². The van der Waals surface area contributed by atoms with E-state index in [-0.39, 0.29) is 17.8 Å². The lowest BCUT2D eigenvalue weighted by Gasteiger charge is -2.35. The van der Waals surface area contributed by atoms with E-state index in [4.69, 9.17) is 9.72 Å². The zero-order valence-corrected chi connectivity index (χ0v) is 18.7. The summed E-state index contributed by atoms with van der Waals surface area (Å²) < 4.78 is 19.4. The summed E-state index contributed by atoms with van der Waals surface area (Å²) in [4.78, 5) is 20.6. The molecule has 1 atom stereocenters. The smallest absolute Gasteiger partial charge is 0.259 e. The van der Waals surface area contributed by atoms with E-state index in [2.05, 4.69) is 0 Å². The van der Waals surface area contributed by atoms with Gasteiger partial charge in [0.2, 0.25) is 0 Å². The molecule has 0 N–H and O–H groups in total. The first kappa shape index (κ1) is 21.1. The van der Waals surface area contributed by atoms with Gasteiger partial charge in [-0.25, -0.2) is 9.37 Å². The molecule has 1 aliphatic rings. The third-order valence-electron chi connectivity index (χ3n) is 6.20. The fraction of sp³-hybridized carbons (Fsp3) is 0.214. The molecule has 2 heterocycles. The van der Waals surface area contributed by atoms with Gasteiger partial charge in [-0.1, -0.05) is 18.2 Å². The van der Waals surface area contributed by atoms with Crippen LogP contribution in [0.3, 0.4) is 0 Å². The van der Waals surface area contributed by atoms with Crippen LogP contribution < -0.4 is 9.64 Å². The van der Waals surface area contributed by atoms with Gasteiger partial charge >= 0.3 is 0 Å². The Bertz CT molecular complexity index is 1330. The fourth-order valence-corrected chi connectivity index (χ4v) is 4.55. The summed E-state index contributed by atoms with van der Waals surface area (Å²) in [5, 5.41) is 0.804. The Morgan fingerprint density at radius 1 is 1.09 bits per heavy atom. The van der Waals surface area contributed by atoms with E-state index in [9.17, 15) is 9.18 Å². The minimum Gasteiger partial charge on any atom is -0.494 e. The lowest BCUT2D eigenvalue weighted by atomic mass is 9.94. The average molecular weight is 441 g/mol. The monoisotopic (exact) mass is 440 g/mol. The molecule has 0 spiro atoms.